The van der Waals surface area contributed by atoms with Crippen LogP contribution in [0.2, 0.25) is 0 Å². The van der Waals surface area contributed by atoms with Crippen molar-refractivity contribution in [3.8, 4) is 5.75 Å². The van der Waals surface area contributed by atoms with Gasteiger partial charge in [0, 0.05) is 56.5 Å². The Balaban J connectivity index is 1.03. The van der Waals surface area contributed by atoms with Gasteiger partial charge in [-0.05, 0) is 41.8 Å². The number of anilines is 1. The molecule has 6 rings (SSSR count). The van der Waals surface area contributed by atoms with Crippen molar-refractivity contribution >= 4 is 17.6 Å². The number of piperidine rings is 1. The van der Waals surface area contributed by atoms with Crippen molar-refractivity contribution in [2.75, 3.05) is 31.1 Å². The average Bonchev–Trinajstić information content (AvgIpc) is 3.30. The molecule has 9 heteroatoms. The van der Waals surface area contributed by atoms with Crippen molar-refractivity contribution in [3.05, 3.63) is 89.1 Å². The number of hydrogen-bond acceptors (Lipinski definition) is 7. The molecule has 202 valence electrons. The van der Waals surface area contributed by atoms with Gasteiger partial charge in [0.05, 0.1) is 12.6 Å². The zero-order valence-corrected chi connectivity index (χ0v) is 21.8. The normalized spacial score (nSPS) is 21.6. The lowest BCUT2D eigenvalue weighted by atomic mass is 10.0. The fourth-order valence-electron chi connectivity index (χ4n) is 5.66. The van der Waals surface area contributed by atoms with E-state index in [1.54, 1.807) is 11.0 Å². The van der Waals surface area contributed by atoms with Gasteiger partial charge in [0.15, 0.2) is 0 Å². The second kappa shape index (κ2) is 11.0. The molecule has 0 radical (unpaired) electrons. The van der Waals surface area contributed by atoms with Crippen molar-refractivity contribution in [1.82, 2.24) is 20.1 Å². The maximum absolute atomic E-state index is 13.1. The predicted molar refractivity (Wildman–Crippen MR) is 146 cm³/mol. The Kier molecular flexibility index (Phi) is 7.17. The zero-order chi connectivity index (χ0) is 26.8. The number of pyridine rings is 1. The Morgan fingerprint density at radius 2 is 1.74 bits per heavy atom. The number of nitrogens with zero attached hydrogens (tertiary/aromatic N) is 4. The predicted octanol–water partition coefficient (Wildman–Crippen LogP) is 2.54. The highest BCUT2D eigenvalue weighted by Crippen LogP contribution is 2.34. The van der Waals surface area contributed by atoms with E-state index < -0.39 is 12.3 Å². The summed E-state index contributed by atoms with van der Waals surface area (Å²) in [4.78, 5) is 35.6. The lowest BCUT2D eigenvalue weighted by Crippen LogP contribution is -2.55. The number of nitrogens with one attached hydrogen (secondary N) is 1. The summed E-state index contributed by atoms with van der Waals surface area (Å²) in [6, 6.07) is 19.6. The largest absolute Gasteiger partial charge is 0.489 e. The summed E-state index contributed by atoms with van der Waals surface area (Å²) in [5.74, 6) is 1.39. The summed E-state index contributed by atoms with van der Waals surface area (Å²) in [6.45, 7) is 5.61. The number of amides is 2. The van der Waals surface area contributed by atoms with Crippen LogP contribution < -0.4 is 15.0 Å². The quantitative estimate of drug-likeness (QED) is 0.487. The molecular formula is C30H33N5O4. The van der Waals surface area contributed by atoms with Crippen LogP contribution in [0.3, 0.4) is 0 Å². The van der Waals surface area contributed by atoms with E-state index in [0.29, 0.717) is 37.3 Å². The first kappa shape index (κ1) is 25.3. The second-order valence-electron chi connectivity index (χ2n) is 10.4. The van der Waals surface area contributed by atoms with Crippen LogP contribution in [0.25, 0.3) is 0 Å². The fourth-order valence-corrected chi connectivity index (χ4v) is 5.66. The minimum Gasteiger partial charge on any atom is -0.489 e. The highest BCUT2D eigenvalue weighted by Gasteiger charge is 2.40. The van der Waals surface area contributed by atoms with E-state index in [9.17, 15) is 14.7 Å². The molecule has 9 nitrogen and oxygen atoms in total. The van der Waals surface area contributed by atoms with Gasteiger partial charge in [-0.15, -0.1) is 0 Å². The van der Waals surface area contributed by atoms with Gasteiger partial charge in [0.25, 0.3) is 5.91 Å². The van der Waals surface area contributed by atoms with E-state index >= 15 is 0 Å². The van der Waals surface area contributed by atoms with Crippen LogP contribution in [-0.4, -0.2) is 70.2 Å². The first-order chi connectivity index (χ1) is 19.0. The molecule has 0 bridgehead atoms. The number of aliphatic hydroxyl groups excluding tert-OH is 1. The summed E-state index contributed by atoms with van der Waals surface area (Å²) in [5.41, 5.74) is 3.75. The van der Waals surface area contributed by atoms with Crippen molar-refractivity contribution in [1.29, 1.82) is 0 Å². The van der Waals surface area contributed by atoms with Crippen LogP contribution >= 0.6 is 0 Å². The summed E-state index contributed by atoms with van der Waals surface area (Å²) in [5, 5.41) is 12.9. The molecule has 2 atom stereocenters. The molecule has 3 aliphatic rings. The van der Waals surface area contributed by atoms with Gasteiger partial charge in [-0.3, -0.25) is 14.5 Å². The van der Waals surface area contributed by atoms with E-state index in [1.807, 2.05) is 30.5 Å². The number of aromatic nitrogens is 1. The highest BCUT2D eigenvalue weighted by molar-refractivity contribution is 5.99. The van der Waals surface area contributed by atoms with E-state index in [1.165, 1.54) is 5.56 Å². The molecule has 2 fully saturated rings. The Morgan fingerprint density at radius 3 is 2.49 bits per heavy atom. The second-order valence-corrected chi connectivity index (χ2v) is 10.4. The Morgan fingerprint density at radius 1 is 0.949 bits per heavy atom. The van der Waals surface area contributed by atoms with Crippen molar-refractivity contribution < 1.29 is 19.4 Å². The number of hydrogen-bond donors (Lipinski definition) is 2. The molecule has 1 aromatic heterocycles. The smallest absolute Gasteiger partial charge is 0.255 e. The molecule has 2 unspecified atom stereocenters. The number of piperazine rings is 1. The van der Waals surface area contributed by atoms with Gasteiger partial charge < -0.3 is 25.0 Å². The molecule has 0 aliphatic carbocycles. The van der Waals surface area contributed by atoms with Crippen molar-refractivity contribution in [2.24, 2.45) is 0 Å². The molecule has 2 aromatic carbocycles. The SMILES string of the molecule is O=C1CCC(N2Cc3c(OCc4ccc(CN5CCN(c6ccccn6)CC5)cc4)cccc3C2=O)C(O)N1. The fraction of sp³-hybridized carbons (Fsp3) is 0.367. The molecular weight excluding hydrogens is 494 g/mol. The number of rotatable bonds is 7. The van der Waals surface area contributed by atoms with Crippen molar-refractivity contribution in [3.63, 3.8) is 0 Å². The number of aliphatic hydroxyl groups is 1. The van der Waals surface area contributed by atoms with Gasteiger partial charge in [-0.2, -0.15) is 0 Å². The van der Waals surface area contributed by atoms with Crippen LogP contribution in [0.15, 0.2) is 66.9 Å². The summed E-state index contributed by atoms with van der Waals surface area (Å²) < 4.78 is 6.17. The number of fused-ring (bicyclic) bond motifs is 1. The maximum atomic E-state index is 13.1. The molecule has 3 aromatic rings. The third kappa shape index (κ3) is 5.46. The molecule has 0 spiro atoms. The Bertz CT molecular complexity index is 1320. The molecule has 4 heterocycles. The number of benzene rings is 2. The molecule has 2 amide bonds. The van der Waals surface area contributed by atoms with Crippen LogP contribution in [0.1, 0.15) is 39.9 Å². The van der Waals surface area contributed by atoms with Crippen molar-refractivity contribution in [2.45, 2.75) is 44.8 Å². The molecule has 0 saturated carbocycles. The molecule has 2 saturated heterocycles. The molecule has 3 aliphatic heterocycles. The van der Waals surface area contributed by atoms with Gasteiger partial charge in [-0.25, -0.2) is 4.98 Å². The molecule has 2 N–H and O–H groups in total. The third-order valence-corrected chi connectivity index (χ3v) is 7.86. The first-order valence-electron chi connectivity index (χ1n) is 13.5. The van der Waals surface area contributed by atoms with Gasteiger partial charge in [0.1, 0.15) is 24.4 Å². The topological polar surface area (TPSA) is 98.2 Å². The lowest BCUT2D eigenvalue weighted by molar-refractivity contribution is -0.129. The van der Waals surface area contributed by atoms with Gasteiger partial charge >= 0.3 is 0 Å². The minimum atomic E-state index is -1.06. The van der Waals surface area contributed by atoms with E-state index in [0.717, 1.165) is 49.7 Å². The van der Waals surface area contributed by atoms with E-state index in [2.05, 4.69) is 50.4 Å². The third-order valence-electron chi connectivity index (χ3n) is 7.86. The minimum absolute atomic E-state index is 0.138. The average molecular weight is 528 g/mol. The van der Waals surface area contributed by atoms with Gasteiger partial charge in [-0.1, -0.05) is 36.4 Å². The Labute approximate surface area is 228 Å². The maximum Gasteiger partial charge on any atom is 0.255 e. The van der Waals surface area contributed by atoms with Crippen LogP contribution in [-0.2, 0) is 24.5 Å². The van der Waals surface area contributed by atoms with Crippen LogP contribution in [0.5, 0.6) is 5.75 Å². The Hall–Kier alpha value is -3.95. The highest BCUT2D eigenvalue weighted by atomic mass is 16.5. The van der Waals surface area contributed by atoms with Crippen LogP contribution in [0, 0.1) is 0 Å². The molecule has 39 heavy (non-hydrogen) atoms. The van der Waals surface area contributed by atoms with E-state index in [-0.39, 0.29) is 11.8 Å². The van der Waals surface area contributed by atoms with Crippen LogP contribution in [0.4, 0.5) is 5.82 Å². The van der Waals surface area contributed by atoms with E-state index in [4.69, 9.17) is 4.74 Å². The first-order valence-corrected chi connectivity index (χ1v) is 13.5. The van der Waals surface area contributed by atoms with Gasteiger partial charge in [0.2, 0.25) is 5.91 Å². The summed E-state index contributed by atoms with van der Waals surface area (Å²) in [7, 11) is 0. The zero-order valence-electron chi connectivity index (χ0n) is 21.8. The summed E-state index contributed by atoms with van der Waals surface area (Å²) >= 11 is 0. The number of carbonyl (C=O) groups is 2. The summed E-state index contributed by atoms with van der Waals surface area (Å²) in [6.07, 6.45) is 1.52. The number of ether oxygens (including phenoxy) is 1. The lowest BCUT2D eigenvalue weighted by Gasteiger charge is -2.35. The standard InChI is InChI=1S/C30H33N5O4/c36-28-12-11-25(29(37)32-28)35-19-24-23(30(35)38)4-3-5-26(24)39-20-22-9-7-21(8-10-22)18-33-14-16-34(17-15-33)27-6-1-2-13-31-27/h1-10,13,25,29,37H,11-12,14-20H2,(H,32,36). The number of carbonyl (C=O) groups excluding carboxylic acids is 2. The monoisotopic (exact) mass is 527 g/mol.